The standard InChI is InChI=1S/C23H36N2O4S/c1-2-3-4-5-6-7-8-9-10-11-16-29-21(26)18-19-22(27)24-14-15-25(19)23(28)20-13-12-17-30-20/h12-13,17,19H,2-11,14-16,18H2,1H3,(H,24,27). The Balaban J connectivity index is 1.62. The molecule has 1 unspecified atom stereocenters. The second-order valence-corrected chi connectivity index (χ2v) is 8.84. The van der Waals surface area contributed by atoms with E-state index in [2.05, 4.69) is 12.2 Å². The number of hydrogen-bond acceptors (Lipinski definition) is 5. The van der Waals surface area contributed by atoms with Gasteiger partial charge in [0.05, 0.1) is 17.9 Å². The molecule has 0 aromatic carbocycles. The summed E-state index contributed by atoms with van der Waals surface area (Å²) in [6.45, 7) is 3.42. The molecule has 1 aromatic heterocycles. The topological polar surface area (TPSA) is 75.7 Å². The van der Waals surface area contributed by atoms with Gasteiger partial charge in [0.2, 0.25) is 5.91 Å². The minimum absolute atomic E-state index is 0.0965. The summed E-state index contributed by atoms with van der Waals surface area (Å²) in [6.07, 6.45) is 12.1. The zero-order valence-corrected chi connectivity index (χ0v) is 19.0. The number of unbranched alkanes of at least 4 members (excludes halogenated alkanes) is 9. The number of nitrogens with zero attached hydrogens (tertiary/aromatic N) is 1. The zero-order chi connectivity index (χ0) is 21.6. The smallest absolute Gasteiger partial charge is 0.308 e. The van der Waals surface area contributed by atoms with E-state index in [1.807, 2.05) is 5.38 Å². The second kappa shape index (κ2) is 14.2. The molecule has 0 radical (unpaired) electrons. The van der Waals surface area contributed by atoms with E-state index in [1.54, 1.807) is 12.1 Å². The van der Waals surface area contributed by atoms with Crippen LogP contribution in [-0.4, -0.2) is 48.4 Å². The first-order chi connectivity index (χ1) is 14.6. The van der Waals surface area contributed by atoms with Gasteiger partial charge in [0.15, 0.2) is 0 Å². The van der Waals surface area contributed by atoms with Crippen LogP contribution >= 0.6 is 11.3 Å². The van der Waals surface area contributed by atoms with Crippen molar-refractivity contribution in [2.75, 3.05) is 19.7 Å². The average Bonchev–Trinajstić information content (AvgIpc) is 3.28. The predicted molar refractivity (Wildman–Crippen MR) is 120 cm³/mol. The molecule has 1 aliphatic rings. The van der Waals surface area contributed by atoms with E-state index in [0.29, 0.717) is 24.6 Å². The Labute approximate surface area is 184 Å². The van der Waals surface area contributed by atoms with E-state index in [9.17, 15) is 14.4 Å². The first-order valence-electron chi connectivity index (χ1n) is 11.4. The molecule has 1 aliphatic heterocycles. The lowest BCUT2D eigenvalue weighted by Crippen LogP contribution is -2.57. The maximum absolute atomic E-state index is 12.7. The van der Waals surface area contributed by atoms with Gasteiger partial charge in [0.25, 0.3) is 5.91 Å². The number of carbonyl (C=O) groups excluding carboxylic acids is 3. The van der Waals surface area contributed by atoms with E-state index in [0.717, 1.165) is 12.8 Å². The van der Waals surface area contributed by atoms with Gasteiger partial charge in [0, 0.05) is 13.1 Å². The molecule has 1 atom stereocenters. The fraction of sp³-hybridized carbons (Fsp3) is 0.696. The van der Waals surface area contributed by atoms with Crippen LogP contribution < -0.4 is 5.32 Å². The van der Waals surface area contributed by atoms with E-state index in [4.69, 9.17) is 4.74 Å². The first kappa shape index (κ1) is 24.4. The van der Waals surface area contributed by atoms with Gasteiger partial charge in [-0.2, -0.15) is 0 Å². The van der Waals surface area contributed by atoms with Gasteiger partial charge in [-0.1, -0.05) is 70.8 Å². The van der Waals surface area contributed by atoms with Crippen LogP contribution in [0.1, 0.15) is 87.2 Å². The van der Waals surface area contributed by atoms with Gasteiger partial charge in [-0.3, -0.25) is 14.4 Å². The molecule has 0 bridgehead atoms. The molecule has 2 amide bonds. The molecule has 30 heavy (non-hydrogen) atoms. The van der Waals surface area contributed by atoms with Crippen molar-refractivity contribution >= 4 is 29.1 Å². The van der Waals surface area contributed by atoms with Gasteiger partial charge in [-0.25, -0.2) is 0 Å². The zero-order valence-electron chi connectivity index (χ0n) is 18.2. The van der Waals surface area contributed by atoms with E-state index in [1.165, 1.54) is 67.6 Å². The predicted octanol–water partition coefficient (Wildman–Crippen LogP) is 4.54. The van der Waals surface area contributed by atoms with Crippen LogP contribution in [0.3, 0.4) is 0 Å². The fourth-order valence-electron chi connectivity index (χ4n) is 3.69. The second-order valence-electron chi connectivity index (χ2n) is 7.89. The quantitative estimate of drug-likeness (QED) is 0.343. The summed E-state index contributed by atoms with van der Waals surface area (Å²) in [4.78, 5) is 39.2. The van der Waals surface area contributed by atoms with Crippen molar-refractivity contribution < 1.29 is 19.1 Å². The number of ether oxygens (including phenoxy) is 1. The van der Waals surface area contributed by atoms with Gasteiger partial charge < -0.3 is 15.0 Å². The van der Waals surface area contributed by atoms with Crippen molar-refractivity contribution in [3.05, 3.63) is 22.4 Å². The van der Waals surface area contributed by atoms with E-state index in [-0.39, 0.29) is 18.2 Å². The van der Waals surface area contributed by atoms with Crippen molar-refractivity contribution in [1.82, 2.24) is 10.2 Å². The van der Waals surface area contributed by atoms with E-state index >= 15 is 0 Å². The fourth-order valence-corrected chi connectivity index (χ4v) is 4.37. The Morgan fingerprint density at radius 3 is 2.40 bits per heavy atom. The summed E-state index contributed by atoms with van der Waals surface area (Å²) >= 11 is 1.34. The van der Waals surface area contributed by atoms with Crippen LogP contribution in [0.15, 0.2) is 17.5 Å². The molecule has 7 heteroatoms. The molecule has 168 valence electrons. The Kier molecular flexibility index (Phi) is 11.5. The lowest BCUT2D eigenvalue weighted by atomic mass is 10.1. The van der Waals surface area contributed by atoms with E-state index < -0.39 is 12.0 Å². The average molecular weight is 437 g/mol. The summed E-state index contributed by atoms with van der Waals surface area (Å²) in [7, 11) is 0. The summed E-state index contributed by atoms with van der Waals surface area (Å²) in [5, 5.41) is 4.57. The molecule has 1 N–H and O–H groups in total. The summed E-state index contributed by atoms with van der Waals surface area (Å²) in [6, 6.07) is 2.74. The molecular formula is C23H36N2O4S. The summed E-state index contributed by atoms with van der Waals surface area (Å²) in [5.41, 5.74) is 0. The Bertz CT molecular complexity index is 648. The maximum Gasteiger partial charge on any atom is 0.308 e. The number of carbonyl (C=O) groups is 3. The van der Waals surface area contributed by atoms with Crippen molar-refractivity contribution in [2.24, 2.45) is 0 Å². The molecule has 0 spiro atoms. The first-order valence-corrected chi connectivity index (χ1v) is 12.3. The van der Waals surface area contributed by atoms with Gasteiger partial charge >= 0.3 is 5.97 Å². The number of piperazine rings is 1. The molecule has 6 nitrogen and oxygen atoms in total. The van der Waals surface area contributed by atoms with Crippen LogP contribution in [0.5, 0.6) is 0 Å². The molecule has 1 saturated heterocycles. The third kappa shape index (κ3) is 8.46. The molecule has 1 fully saturated rings. The SMILES string of the molecule is CCCCCCCCCCCCOC(=O)CC1C(=O)NCCN1C(=O)c1cccs1. The Morgan fingerprint density at radius 2 is 1.77 bits per heavy atom. The number of rotatable bonds is 14. The van der Waals surface area contributed by atoms with Gasteiger partial charge in [-0.15, -0.1) is 11.3 Å². The van der Waals surface area contributed by atoms with Crippen LogP contribution in [0.2, 0.25) is 0 Å². The highest BCUT2D eigenvalue weighted by Crippen LogP contribution is 2.18. The highest BCUT2D eigenvalue weighted by Gasteiger charge is 2.35. The minimum Gasteiger partial charge on any atom is -0.466 e. The van der Waals surface area contributed by atoms with Crippen molar-refractivity contribution in [3.63, 3.8) is 0 Å². The number of nitrogens with one attached hydrogen (secondary N) is 1. The molecule has 2 rings (SSSR count). The van der Waals surface area contributed by atoms with Crippen molar-refractivity contribution in [2.45, 2.75) is 83.6 Å². The lowest BCUT2D eigenvalue weighted by molar-refractivity contribution is -0.147. The monoisotopic (exact) mass is 436 g/mol. The normalized spacial score (nSPS) is 16.4. The summed E-state index contributed by atoms with van der Waals surface area (Å²) < 4.78 is 5.33. The van der Waals surface area contributed by atoms with Crippen LogP contribution in [0, 0.1) is 0 Å². The molecule has 0 aliphatic carbocycles. The molecular weight excluding hydrogens is 400 g/mol. The Morgan fingerprint density at radius 1 is 1.10 bits per heavy atom. The van der Waals surface area contributed by atoms with Crippen LogP contribution in [0.4, 0.5) is 0 Å². The number of amides is 2. The van der Waals surface area contributed by atoms with Gasteiger partial charge in [-0.05, 0) is 17.9 Å². The number of esters is 1. The third-order valence-electron chi connectivity index (χ3n) is 5.44. The largest absolute Gasteiger partial charge is 0.466 e. The maximum atomic E-state index is 12.7. The highest BCUT2D eigenvalue weighted by molar-refractivity contribution is 7.12. The highest BCUT2D eigenvalue weighted by atomic mass is 32.1. The van der Waals surface area contributed by atoms with Crippen molar-refractivity contribution in [3.8, 4) is 0 Å². The molecule has 0 saturated carbocycles. The Hall–Kier alpha value is -1.89. The lowest BCUT2D eigenvalue weighted by Gasteiger charge is -2.34. The summed E-state index contributed by atoms with van der Waals surface area (Å²) in [5.74, 6) is -0.911. The van der Waals surface area contributed by atoms with Crippen molar-refractivity contribution in [1.29, 1.82) is 0 Å². The number of thiophene rings is 1. The number of hydrogen-bond donors (Lipinski definition) is 1. The van der Waals surface area contributed by atoms with Crippen LogP contribution in [0.25, 0.3) is 0 Å². The van der Waals surface area contributed by atoms with Crippen LogP contribution in [-0.2, 0) is 14.3 Å². The molecule has 1 aromatic rings. The van der Waals surface area contributed by atoms with Gasteiger partial charge in [0.1, 0.15) is 6.04 Å². The minimum atomic E-state index is -0.798. The third-order valence-corrected chi connectivity index (χ3v) is 6.30. The molecule has 2 heterocycles.